The fourth-order valence-corrected chi connectivity index (χ4v) is 2.68. The summed E-state index contributed by atoms with van der Waals surface area (Å²) in [4.78, 5) is 28.9. The highest BCUT2D eigenvalue weighted by molar-refractivity contribution is 5.97. The summed E-state index contributed by atoms with van der Waals surface area (Å²) in [6.07, 6.45) is 5.73. The van der Waals surface area contributed by atoms with Gasteiger partial charge in [0.15, 0.2) is 5.82 Å². The molecule has 0 unspecified atom stereocenters. The van der Waals surface area contributed by atoms with E-state index in [0.29, 0.717) is 24.6 Å². The number of carbonyl (C=O) groups is 2. The molecule has 1 aliphatic heterocycles. The van der Waals surface area contributed by atoms with Gasteiger partial charge in [0.1, 0.15) is 5.69 Å². The molecule has 1 aliphatic rings. The Kier molecular flexibility index (Phi) is 5.98. The number of aromatic nitrogens is 2. The van der Waals surface area contributed by atoms with Gasteiger partial charge in [0.05, 0.1) is 5.69 Å². The van der Waals surface area contributed by atoms with Gasteiger partial charge in [0.2, 0.25) is 0 Å². The zero-order chi connectivity index (χ0) is 15.9. The lowest BCUT2D eigenvalue weighted by molar-refractivity contribution is 0.0937. The molecule has 0 bridgehead atoms. The molecule has 2 rings (SSSR count). The van der Waals surface area contributed by atoms with Crippen molar-refractivity contribution in [2.75, 3.05) is 13.1 Å². The molecule has 1 aromatic rings. The monoisotopic (exact) mass is 306 g/mol. The number of fused-ring (bicyclic) bond motifs is 1. The summed E-state index contributed by atoms with van der Waals surface area (Å²) in [6, 6.07) is 0. The topological polar surface area (TPSA) is 76.0 Å². The van der Waals surface area contributed by atoms with E-state index in [2.05, 4.69) is 22.5 Å². The number of hydrogen-bond donors (Lipinski definition) is 2. The van der Waals surface area contributed by atoms with Crippen LogP contribution in [-0.4, -0.2) is 34.5 Å². The van der Waals surface area contributed by atoms with Crippen molar-refractivity contribution >= 4 is 11.8 Å². The molecule has 0 saturated carbocycles. The molecule has 6 nitrogen and oxygen atoms in total. The SMILES string of the molecule is CCCCNC(=O)c1nc(C(=O)NCCC)c2n1CCCC2. The Bertz CT molecular complexity index is 536. The molecule has 0 fully saturated rings. The Morgan fingerprint density at radius 1 is 1.09 bits per heavy atom. The van der Waals surface area contributed by atoms with E-state index in [1.165, 1.54) is 0 Å². The predicted octanol–water partition coefficient (Wildman–Crippen LogP) is 1.89. The highest BCUT2D eigenvalue weighted by atomic mass is 16.2. The third-order valence-corrected chi connectivity index (χ3v) is 3.89. The van der Waals surface area contributed by atoms with Crippen LogP contribution in [0, 0.1) is 0 Å². The molecule has 122 valence electrons. The van der Waals surface area contributed by atoms with Crippen molar-refractivity contribution in [3.63, 3.8) is 0 Å². The molecule has 2 amide bonds. The maximum atomic E-state index is 12.3. The largest absolute Gasteiger partial charge is 0.351 e. The standard InChI is InChI=1S/C16H26N4O2/c1-3-5-10-18-16(22)14-19-13(15(21)17-9-4-2)12-8-6-7-11-20(12)14/h3-11H2,1-2H3,(H,17,21)(H,18,22). The van der Waals surface area contributed by atoms with Gasteiger partial charge < -0.3 is 15.2 Å². The zero-order valence-corrected chi connectivity index (χ0v) is 13.6. The third-order valence-electron chi connectivity index (χ3n) is 3.89. The molecule has 0 spiro atoms. The minimum Gasteiger partial charge on any atom is -0.351 e. The normalized spacial score (nSPS) is 13.5. The van der Waals surface area contributed by atoms with E-state index in [9.17, 15) is 9.59 Å². The predicted molar refractivity (Wildman–Crippen MR) is 85.0 cm³/mol. The van der Waals surface area contributed by atoms with Crippen molar-refractivity contribution in [1.29, 1.82) is 0 Å². The van der Waals surface area contributed by atoms with E-state index in [0.717, 1.165) is 50.8 Å². The number of nitrogens with zero attached hydrogens (tertiary/aromatic N) is 2. The summed E-state index contributed by atoms with van der Waals surface area (Å²) in [6.45, 7) is 6.13. The lowest BCUT2D eigenvalue weighted by Crippen LogP contribution is -2.28. The Hall–Kier alpha value is -1.85. The first-order valence-electron chi connectivity index (χ1n) is 8.34. The highest BCUT2D eigenvalue weighted by Crippen LogP contribution is 2.21. The van der Waals surface area contributed by atoms with Crippen molar-refractivity contribution in [3.8, 4) is 0 Å². The number of rotatable bonds is 7. The second-order valence-electron chi connectivity index (χ2n) is 5.70. The van der Waals surface area contributed by atoms with Crippen LogP contribution in [0.2, 0.25) is 0 Å². The van der Waals surface area contributed by atoms with Gasteiger partial charge >= 0.3 is 0 Å². The fraction of sp³-hybridized carbons (Fsp3) is 0.688. The van der Waals surface area contributed by atoms with Gasteiger partial charge in [-0.1, -0.05) is 20.3 Å². The number of carbonyl (C=O) groups excluding carboxylic acids is 2. The van der Waals surface area contributed by atoms with Crippen molar-refractivity contribution in [3.05, 3.63) is 17.2 Å². The van der Waals surface area contributed by atoms with Gasteiger partial charge in [-0.2, -0.15) is 0 Å². The summed E-state index contributed by atoms with van der Waals surface area (Å²) in [5.41, 5.74) is 1.33. The van der Waals surface area contributed by atoms with Crippen LogP contribution in [-0.2, 0) is 13.0 Å². The maximum absolute atomic E-state index is 12.3. The van der Waals surface area contributed by atoms with Crippen molar-refractivity contribution < 1.29 is 9.59 Å². The second-order valence-corrected chi connectivity index (χ2v) is 5.70. The molecule has 0 aliphatic carbocycles. The smallest absolute Gasteiger partial charge is 0.287 e. The molecule has 1 aromatic heterocycles. The van der Waals surface area contributed by atoms with E-state index in [-0.39, 0.29) is 11.8 Å². The Balaban J connectivity index is 2.21. The van der Waals surface area contributed by atoms with Gasteiger partial charge in [-0.25, -0.2) is 4.98 Å². The van der Waals surface area contributed by atoms with Gasteiger partial charge in [-0.05, 0) is 32.1 Å². The average Bonchev–Trinajstić information content (AvgIpc) is 2.92. The summed E-state index contributed by atoms with van der Waals surface area (Å²) in [5, 5.41) is 5.75. The van der Waals surface area contributed by atoms with Gasteiger partial charge in [-0.3, -0.25) is 9.59 Å². The van der Waals surface area contributed by atoms with Crippen LogP contribution >= 0.6 is 0 Å². The molecule has 0 atom stereocenters. The molecule has 22 heavy (non-hydrogen) atoms. The fourth-order valence-electron chi connectivity index (χ4n) is 2.68. The molecule has 2 heterocycles. The average molecular weight is 306 g/mol. The number of hydrogen-bond acceptors (Lipinski definition) is 3. The van der Waals surface area contributed by atoms with Crippen LogP contribution in [0.4, 0.5) is 0 Å². The van der Waals surface area contributed by atoms with Crippen LogP contribution < -0.4 is 10.6 Å². The molecule has 0 radical (unpaired) electrons. The summed E-state index contributed by atoms with van der Waals surface area (Å²) in [7, 11) is 0. The number of nitrogens with one attached hydrogen (secondary N) is 2. The van der Waals surface area contributed by atoms with Crippen molar-refractivity contribution in [1.82, 2.24) is 20.2 Å². The third kappa shape index (κ3) is 3.67. The first kappa shape index (κ1) is 16.5. The van der Waals surface area contributed by atoms with Crippen molar-refractivity contribution in [2.45, 2.75) is 58.9 Å². The second kappa shape index (κ2) is 7.96. The van der Waals surface area contributed by atoms with Gasteiger partial charge in [0.25, 0.3) is 11.8 Å². The summed E-state index contributed by atoms with van der Waals surface area (Å²) < 4.78 is 1.92. The molecular formula is C16H26N4O2. The van der Waals surface area contributed by atoms with Crippen molar-refractivity contribution in [2.24, 2.45) is 0 Å². The van der Waals surface area contributed by atoms with E-state index < -0.39 is 0 Å². The lowest BCUT2D eigenvalue weighted by Gasteiger charge is -2.17. The Morgan fingerprint density at radius 3 is 2.59 bits per heavy atom. The Morgan fingerprint density at radius 2 is 1.86 bits per heavy atom. The number of unbranched alkanes of at least 4 members (excludes halogenated alkanes) is 1. The van der Waals surface area contributed by atoms with Crippen LogP contribution in [0.15, 0.2) is 0 Å². The van der Waals surface area contributed by atoms with Crippen LogP contribution in [0.25, 0.3) is 0 Å². The number of amides is 2. The first-order chi connectivity index (χ1) is 10.7. The number of imidazole rings is 1. The minimum atomic E-state index is -0.175. The molecule has 0 aromatic carbocycles. The first-order valence-corrected chi connectivity index (χ1v) is 8.34. The maximum Gasteiger partial charge on any atom is 0.287 e. The van der Waals surface area contributed by atoms with Crippen LogP contribution in [0.1, 0.15) is 72.8 Å². The highest BCUT2D eigenvalue weighted by Gasteiger charge is 2.26. The van der Waals surface area contributed by atoms with E-state index in [4.69, 9.17) is 0 Å². The van der Waals surface area contributed by atoms with E-state index in [1.54, 1.807) is 0 Å². The minimum absolute atomic E-state index is 0.167. The Labute approximate surface area is 131 Å². The molecule has 6 heteroatoms. The lowest BCUT2D eigenvalue weighted by atomic mass is 10.1. The molecule has 2 N–H and O–H groups in total. The summed E-state index contributed by atoms with van der Waals surface area (Å²) in [5.74, 6) is 0.0405. The van der Waals surface area contributed by atoms with Crippen LogP contribution in [0.3, 0.4) is 0 Å². The quantitative estimate of drug-likeness (QED) is 0.755. The van der Waals surface area contributed by atoms with E-state index in [1.807, 2.05) is 11.5 Å². The van der Waals surface area contributed by atoms with E-state index >= 15 is 0 Å². The van der Waals surface area contributed by atoms with Crippen LogP contribution in [0.5, 0.6) is 0 Å². The van der Waals surface area contributed by atoms with Gasteiger partial charge in [0, 0.05) is 19.6 Å². The van der Waals surface area contributed by atoms with Gasteiger partial charge in [-0.15, -0.1) is 0 Å². The summed E-state index contributed by atoms with van der Waals surface area (Å²) >= 11 is 0. The molecular weight excluding hydrogens is 280 g/mol. The molecule has 0 saturated heterocycles. The zero-order valence-electron chi connectivity index (χ0n) is 13.6.